The fourth-order valence-electron chi connectivity index (χ4n) is 2.63. The molecule has 100 valence electrons. The molecule has 1 atom stereocenters. The summed E-state index contributed by atoms with van der Waals surface area (Å²) >= 11 is 6.06. The minimum absolute atomic E-state index is 0.632. The summed E-state index contributed by atoms with van der Waals surface area (Å²) < 4.78 is 1.74. The lowest BCUT2D eigenvalue weighted by Gasteiger charge is -2.23. The maximum Gasteiger partial charge on any atom is 0.132 e. The minimum Gasteiger partial charge on any atom is -0.314 e. The number of rotatable bonds is 3. The molecule has 1 saturated heterocycles. The zero-order valence-corrected chi connectivity index (χ0v) is 11.6. The molecule has 0 spiro atoms. The zero-order valence-electron chi connectivity index (χ0n) is 10.8. The molecule has 3 nitrogen and oxygen atoms in total. The monoisotopic (exact) mass is 275 g/mol. The van der Waals surface area contributed by atoms with E-state index in [1.54, 1.807) is 16.9 Å². The first kappa shape index (κ1) is 12.7. The molecule has 1 aromatic carbocycles. The second-order valence-electron chi connectivity index (χ2n) is 5.08. The molecular formula is C15H18ClN3. The lowest BCUT2D eigenvalue weighted by molar-refractivity contribution is 0.399. The molecule has 1 aromatic heterocycles. The summed E-state index contributed by atoms with van der Waals surface area (Å²) in [6.45, 7) is 1.16. The van der Waals surface area contributed by atoms with Gasteiger partial charge in [-0.15, -0.1) is 0 Å². The van der Waals surface area contributed by atoms with Crippen molar-refractivity contribution in [1.29, 1.82) is 0 Å². The molecule has 2 heterocycles. The van der Waals surface area contributed by atoms with E-state index in [4.69, 9.17) is 11.6 Å². The molecule has 1 N–H and O–H groups in total. The third kappa shape index (κ3) is 2.99. The lowest BCUT2D eigenvalue weighted by Crippen LogP contribution is -2.35. The van der Waals surface area contributed by atoms with Gasteiger partial charge in [-0.3, -0.25) is 0 Å². The molecule has 2 aromatic rings. The van der Waals surface area contributed by atoms with Crippen LogP contribution in [0, 0.1) is 0 Å². The Kier molecular flexibility index (Phi) is 3.85. The van der Waals surface area contributed by atoms with Crippen molar-refractivity contribution >= 4 is 11.6 Å². The van der Waals surface area contributed by atoms with Gasteiger partial charge in [0.15, 0.2) is 0 Å². The smallest absolute Gasteiger partial charge is 0.132 e. The zero-order chi connectivity index (χ0) is 13.1. The van der Waals surface area contributed by atoms with Crippen molar-refractivity contribution in [3.63, 3.8) is 0 Å². The Morgan fingerprint density at radius 2 is 2.05 bits per heavy atom. The standard InChI is InChI=1S/C15H18ClN3/c16-15-8-10-18-19(15)14-6-4-12(5-7-14)11-13-3-1-2-9-17-13/h4-8,10,13,17H,1-3,9,11H2. The van der Waals surface area contributed by atoms with Gasteiger partial charge in [0.2, 0.25) is 0 Å². The normalized spacial score (nSPS) is 19.5. The molecule has 4 heteroatoms. The Morgan fingerprint density at radius 1 is 1.21 bits per heavy atom. The topological polar surface area (TPSA) is 29.9 Å². The Bertz CT molecular complexity index is 527. The number of piperidine rings is 1. The Labute approximate surface area is 118 Å². The molecule has 1 aliphatic heterocycles. The Balaban J connectivity index is 1.70. The maximum atomic E-state index is 6.06. The molecule has 19 heavy (non-hydrogen) atoms. The van der Waals surface area contributed by atoms with Crippen LogP contribution in [-0.4, -0.2) is 22.4 Å². The summed E-state index contributed by atoms with van der Waals surface area (Å²) in [6, 6.07) is 10.9. The van der Waals surface area contributed by atoms with Gasteiger partial charge in [0.1, 0.15) is 5.15 Å². The summed E-state index contributed by atoms with van der Waals surface area (Å²) in [6.07, 6.45) is 6.76. The van der Waals surface area contributed by atoms with E-state index in [1.165, 1.54) is 24.8 Å². The first-order chi connectivity index (χ1) is 9.33. The van der Waals surface area contributed by atoms with Gasteiger partial charge in [-0.2, -0.15) is 5.10 Å². The number of aromatic nitrogens is 2. The van der Waals surface area contributed by atoms with E-state index in [9.17, 15) is 0 Å². The van der Waals surface area contributed by atoms with Crippen molar-refractivity contribution in [3.05, 3.63) is 47.2 Å². The van der Waals surface area contributed by atoms with Gasteiger partial charge in [-0.1, -0.05) is 30.2 Å². The second-order valence-corrected chi connectivity index (χ2v) is 5.47. The molecule has 0 saturated carbocycles. The van der Waals surface area contributed by atoms with Crippen LogP contribution in [0.5, 0.6) is 0 Å². The third-order valence-corrected chi connectivity index (χ3v) is 3.96. The number of hydrogen-bond acceptors (Lipinski definition) is 2. The van der Waals surface area contributed by atoms with E-state index in [2.05, 4.69) is 34.7 Å². The summed E-state index contributed by atoms with van der Waals surface area (Å²) in [5.74, 6) is 0. The van der Waals surface area contributed by atoms with Crippen molar-refractivity contribution in [2.24, 2.45) is 0 Å². The van der Waals surface area contributed by atoms with E-state index in [-0.39, 0.29) is 0 Å². The van der Waals surface area contributed by atoms with E-state index in [0.717, 1.165) is 18.7 Å². The van der Waals surface area contributed by atoms with Crippen LogP contribution in [0.25, 0.3) is 5.69 Å². The number of benzene rings is 1. The molecule has 1 unspecified atom stereocenters. The highest BCUT2D eigenvalue weighted by molar-refractivity contribution is 6.29. The van der Waals surface area contributed by atoms with Gasteiger partial charge in [0, 0.05) is 6.04 Å². The van der Waals surface area contributed by atoms with Crippen molar-refractivity contribution in [1.82, 2.24) is 15.1 Å². The quantitative estimate of drug-likeness (QED) is 0.932. The van der Waals surface area contributed by atoms with Crippen LogP contribution in [0.2, 0.25) is 5.15 Å². The van der Waals surface area contributed by atoms with E-state index in [0.29, 0.717) is 11.2 Å². The predicted octanol–water partition coefficient (Wildman–Crippen LogP) is 3.21. The van der Waals surface area contributed by atoms with Crippen LogP contribution in [0.15, 0.2) is 36.5 Å². The van der Waals surface area contributed by atoms with Crippen molar-refractivity contribution in [2.75, 3.05) is 6.54 Å². The molecule has 3 rings (SSSR count). The van der Waals surface area contributed by atoms with Gasteiger partial charge in [0.25, 0.3) is 0 Å². The Morgan fingerprint density at radius 3 is 2.68 bits per heavy atom. The van der Waals surface area contributed by atoms with Gasteiger partial charge in [0.05, 0.1) is 11.9 Å². The number of halogens is 1. The fraction of sp³-hybridized carbons (Fsp3) is 0.400. The average Bonchev–Trinajstić information content (AvgIpc) is 2.87. The molecular weight excluding hydrogens is 258 g/mol. The molecule has 1 aliphatic rings. The fourth-order valence-corrected chi connectivity index (χ4v) is 2.83. The lowest BCUT2D eigenvalue weighted by atomic mass is 9.98. The largest absolute Gasteiger partial charge is 0.314 e. The van der Waals surface area contributed by atoms with Gasteiger partial charge in [-0.25, -0.2) is 4.68 Å². The van der Waals surface area contributed by atoms with Crippen molar-refractivity contribution < 1.29 is 0 Å². The predicted molar refractivity (Wildman–Crippen MR) is 77.9 cm³/mol. The number of nitrogens with zero attached hydrogens (tertiary/aromatic N) is 2. The van der Waals surface area contributed by atoms with Gasteiger partial charge < -0.3 is 5.32 Å². The van der Waals surface area contributed by atoms with E-state index < -0.39 is 0 Å². The Hall–Kier alpha value is -1.32. The first-order valence-corrected chi connectivity index (χ1v) is 7.23. The number of nitrogens with one attached hydrogen (secondary N) is 1. The second kappa shape index (κ2) is 5.76. The van der Waals surface area contributed by atoms with Crippen LogP contribution < -0.4 is 5.32 Å². The van der Waals surface area contributed by atoms with Gasteiger partial charge in [-0.05, 0) is 49.6 Å². The first-order valence-electron chi connectivity index (χ1n) is 6.85. The van der Waals surface area contributed by atoms with Crippen LogP contribution in [-0.2, 0) is 6.42 Å². The summed E-state index contributed by atoms with van der Waals surface area (Å²) in [4.78, 5) is 0. The van der Waals surface area contributed by atoms with Crippen LogP contribution in [0.3, 0.4) is 0 Å². The molecule has 0 amide bonds. The molecule has 0 aliphatic carbocycles. The highest BCUT2D eigenvalue weighted by atomic mass is 35.5. The SMILES string of the molecule is Clc1ccnn1-c1ccc(CC2CCCCN2)cc1. The summed E-state index contributed by atoms with van der Waals surface area (Å²) in [5, 5.41) is 8.42. The van der Waals surface area contributed by atoms with E-state index in [1.807, 2.05) is 0 Å². The average molecular weight is 276 g/mol. The van der Waals surface area contributed by atoms with Crippen LogP contribution in [0.4, 0.5) is 0 Å². The highest BCUT2D eigenvalue weighted by Crippen LogP contribution is 2.17. The summed E-state index contributed by atoms with van der Waals surface area (Å²) in [5.41, 5.74) is 2.38. The van der Waals surface area contributed by atoms with Crippen molar-refractivity contribution in [3.8, 4) is 5.69 Å². The maximum absolute atomic E-state index is 6.06. The van der Waals surface area contributed by atoms with Crippen molar-refractivity contribution in [2.45, 2.75) is 31.7 Å². The minimum atomic E-state index is 0.632. The molecule has 0 bridgehead atoms. The molecule has 0 radical (unpaired) electrons. The highest BCUT2D eigenvalue weighted by Gasteiger charge is 2.12. The van der Waals surface area contributed by atoms with Crippen LogP contribution >= 0.6 is 11.6 Å². The number of hydrogen-bond donors (Lipinski definition) is 1. The van der Waals surface area contributed by atoms with E-state index >= 15 is 0 Å². The third-order valence-electron chi connectivity index (χ3n) is 3.67. The van der Waals surface area contributed by atoms with Crippen LogP contribution in [0.1, 0.15) is 24.8 Å². The molecule has 1 fully saturated rings. The summed E-state index contributed by atoms with van der Waals surface area (Å²) in [7, 11) is 0. The van der Waals surface area contributed by atoms with Gasteiger partial charge >= 0.3 is 0 Å².